The van der Waals surface area contributed by atoms with E-state index in [9.17, 15) is 4.79 Å². The lowest BCUT2D eigenvalue weighted by Gasteiger charge is -2.32. The smallest absolute Gasteiger partial charge is 0.270 e. The number of hydrogen-bond acceptors (Lipinski definition) is 3. The normalized spacial score (nSPS) is 15.1. The molecule has 1 N–H and O–H groups in total. The molecule has 0 atom stereocenters. The molecule has 3 aromatic rings. The third-order valence-corrected chi connectivity index (χ3v) is 5.16. The van der Waals surface area contributed by atoms with Crippen molar-refractivity contribution in [1.29, 1.82) is 0 Å². The zero-order valence-corrected chi connectivity index (χ0v) is 15.8. The third-order valence-electron chi connectivity index (χ3n) is 4.90. The van der Waals surface area contributed by atoms with Crippen LogP contribution < -0.4 is 9.47 Å². The van der Waals surface area contributed by atoms with Crippen molar-refractivity contribution in [3.63, 3.8) is 0 Å². The number of nitrogens with zero attached hydrogens (tertiary/aromatic N) is 1. The summed E-state index contributed by atoms with van der Waals surface area (Å²) in [7, 11) is 1.64. The van der Waals surface area contributed by atoms with Gasteiger partial charge in [-0.05, 0) is 48.5 Å². The second-order valence-electron chi connectivity index (χ2n) is 6.70. The average Bonchev–Trinajstić information content (AvgIpc) is 3.13. The van der Waals surface area contributed by atoms with Crippen LogP contribution in [-0.2, 0) is 0 Å². The number of amides is 1. The van der Waals surface area contributed by atoms with E-state index in [4.69, 9.17) is 21.1 Å². The number of fused-ring (bicyclic) bond motifs is 1. The molecule has 1 amide bonds. The van der Waals surface area contributed by atoms with Crippen LogP contribution in [0.15, 0.2) is 48.5 Å². The second-order valence-corrected chi connectivity index (χ2v) is 7.14. The van der Waals surface area contributed by atoms with E-state index in [0.29, 0.717) is 23.8 Å². The van der Waals surface area contributed by atoms with E-state index >= 15 is 0 Å². The van der Waals surface area contributed by atoms with Crippen LogP contribution in [0.2, 0.25) is 5.02 Å². The number of rotatable bonds is 4. The van der Waals surface area contributed by atoms with Crippen molar-refractivity contribution < 1.29 is 14.3 Å². The van der Waals surface area contributed by atoms with Gasteiger partial charge >= 0.3 is 0 Å². The summed E-state index contributed by atoms with van der Waals surface area (Å²) in [6.07, 6.45) is 1.73. The van der Waals surface area contributed by atoms with E-state index in [0.717, 1.165) is 35.2 Å². The maximum absolute atomic E-state index is 12.8. The average molecular weight is 385 g/mol. The Morgan fingerprint density at radius 1 is 1.07 bits per heavy atom. The van der Waals surface area contributed by atoms with Gasteiger partial charge in [-0.25, -0.2) is 0 Å². The highest BCUT2D eigenvalue weighted by Gasteiger charge is 2.25. The number of nitrogens with one attached hydrogen (secondary N) is 1. The minimum atomic E-state index is 0.0232. The Morgan fingerprint density at radius 2 is 1.78 bits per heavy atom. The third kappa shape index (κ3) is 3.88. The highest BCUT2D eigenvalue weighted by molar-refractivity contribution is 6.30. The van der Waals surface area contributed by atoms with Gasteiger partial charge < -0.3 is 19.4 Å². The first kappa shape index (κ1) is 17.7. The van der Waals surface area contributed by atoms with Crippen LogP contribution in [0.3, 0.4) is 0 Å². The van der Waals surface area contributed by atoms with Crippen molar-refractivity contribution in [3.05, 3.63) is 59.2 Å². The van der Waals surface area contributed by atoms with E-state index in [1.54, 1.807) is 7.11 Å². The second kappa shape index (κ2) is 7.53. The minimum absolute atomic E-state index is 0.0232. The summed E-state index contributed by atoms with van der Waals surface area (Å²) < 4.78 is 11.2. The topological polar surface area (TPSA) is 54.6 Å². The van der Waals surface area contributed by atoms with Gasteiger partial charge in [0.1, 0.15) is 23.3 Å². The molecule has 0 radical (unpaired) electrons. The molecule has 2 heterocycles. The van der Waals surface area contributed by atoms with Crippen LogP contribution in [0.1, 0.15) is 23.3 Å². The van der Waals surface area contributed by atoms with Gasteiger partial charge in [-0.1, -0.05) is 11.6 Å². The Bertz CT molecular complexity index is 944. The molecule has 140 valence electrons. The number of hydrogen-bond donors (Lipinski definition) is 1. The molecule has 0 aliphatic carbocycles. The fourth-order valence-corrected chi connectivity index (χ4v) is 3.53. The lowest BCUT2D eigenvalue weighted by Crippen LogP contribution is -2.41. The van der Waals surface area contributed by atoms with Gasteiger partial charge in [-0.2, -0.15) is 0 Å². The maximum Gasteiger partial charge on any atom is 0.270 e. The van der Waals surface area contributed by atoms with E-state index in [-0.39, 0.29) is 12.0 Å². The minimum Gasteiger partial charge on any atom is -0.497 e. The Hall–Kier alpha value is -2.66. The molecule has 0 bridgehead atoms. The number of aromatic nitrogens is 1. The van der Waals surface area contributed by atoms with Crippen LogP contribution in [0, 0.1) is 0 Å². The van der Waals surface area contributed by atoms with Crippen molar-refractivity contribution in [1.82, 2.24) is 9.88 Å². The van der Waals surface area contributed by atoms with Crippen molar-refractivity contribution >= 4 is 28.4 Å². The number of piperidine rings is 1. The van der Waals surface area contributed by atoms with Gasteiger partial charge in [0.15, 0.2) is 0 Å². The standard InChI is InChI=1S/C21H21ClN2O3/c1-26-18-6-7-19-14(12-18)13-20(23-19)21(25)24-10-8-17(9-11-24)27-16-4-2-15(22)3-5-16/h2-7,12-13,17,23H,8-11H2,1H3. The SMILES string of the molecule is COc1ccc2[nH]c(C(=O)N3CCC(Oc4ccc(Cl)cc4)CC3)cc2c1. The van der Waals surface area contributed by atoms with Crippen LogP contribution in [-0.4, -0.2) is 42.1 Å². The van der Waals surface area contributed by atoms with Crippen molar-refractivity contribution in [3.8, 4) is 11.5 Å². The van der Waals surface area contributed by atoms with Gasteiger partial charge in [-0.15, -0.1) is 0 Å². The Kier molecular flexibility index (Phi) is 4.94. The van der Waals surface area contributed by atoms with Gasteiger partial charge in [0.2, 0.25) is 0 Å². The first-order chi connectivity index (χ1) is 13.1. The van der Waals surface area contributed by atoms with Gasteiger partial charge in [0, 0.05) is 41.9 Å². The fourth-order valence-electron chi connectivity index (χ4n) is 3.41. The first-order valence-corrected chi connectivity index (χ1v) is 9.38. The summed E-state index contributed by atoms with van der Waals surface area (Å²) in [5, 5.41) is 1.66. The van der Waals surface area contributed by atoms with Crippen LogP contribution in [0.25, 0.3) is 10.9 Å². The maximum atomic E-state index is 12.8. The van der Waals surface area contributed by atoms with Crippen molar-refractivity contribution in [2.45, 2.75) is 18.9 Å². The molecule has 0 spiro atoms. The molecule has 1 aliphatic rings. The number of carbonyl (C=O) groups is 1. The molecule has 1 aromatic heterocycles. The van der Waals surface area contributed by atoms with E-state index < -0.39 is 0 Å². The van der Waals surface area contributed by atoms with Crippen LogP contribution >= 0.6 is 11.6 Å². The van der Waals surface area contributed by atoms with E-state index in [2.05, 4.69) is 4.98 Å². The molecule has 1 saturated heterocycles. The number of methoxy groups -OCH3 is 1. The van der Waals surface area contributed by atoms with E-state index in [1.807, 2.05) is 53.4 Å². The van der Waals surface area contributed by atoms with Gasteiger partial charge in [0.05, 0.1) is 7.11 Å². The molecule has 0 unspecified atom stereocenters. The number of likely N-dealkylation sites (tertiary alicyclic amines) is 1. The highest BCUT2D eigenvalue weighted by Crippen LogP contribution is 2.24. The molecule has 0 saturated carbocycles. The fraction of sp³-hybridized carbons (Fsp3) is 0.286. The molecular formula is C21H21ClN2O3. The zero-order chi connectivity index (χ0) is 18.8. The lowest BCUT2D eigenvalue weighted by molar-refractivity contribution is 0.0591. The summed E-state index contributed by atoms with van der Waals surface area (Å²) in [6, 6.07) is 15.0. The summed E-state index contributed by atoms with van der Waals surface area (Å²) in [5.74, 6) is 1.62. The summed E-state index contributed by atoms with van der Waals surface area (Å²) in [5.41, 5.74) is 1.54. The number of benzene rings is 2. The molecular weight excluding hydrogens is 364 g/mol. The molecule has 1 fully saturated rings. The molecule has 5 nitrogen and oxygen atoms in total. The first-order valence-electron chi connectivity index (χ1n) is 9.00. The van der Waals surface area contributed by atoms with Gasteiger partial charge in [-0.3, -0.25) is 4.79 Å². The predicted molar refractivity (Wildman–Crippen MR) is 106 cm³/mol. The number of H-pyrrole nitrogens is 1. The monoisotopic (exact) mass is 384 g/mol. The molecule has 1 aliphatic heterocycles. The Balaban J connectivity index is 1.39. The lowest BCUT2D eigenvalue weighted by atomic mass is 10.1. The Morgan fingerprint density at radius 3 is 2.48 bits per heavy atom. The number of aromatic amines is 1. The summed E-state index contributed by atoms with van der Waals surface area (Å²) in [4.78, 5) is 17.9. The Labute approximate surface area is 162 Å². The van der Waals surface area contributed by atoms with Gasteiger partial charge in [0.25, 0.3) is 5.91 Å². The largest absolute Gasteiger partial charge is 0.497 e. The van der Waals surface area contributed by atoms with Crippen molar-refractivity contribution in [2.24, 2.45) is 0 Å². The van der Waals surface area contributed by atoms with Crippen molar-refractivity contribution in [2.75, 3.05) is 20.2 Å². The molecule has 6 heteroatoms. The predicted octanol–water partition coefficient (Wildman–Crippen LogP) is 4.51. The number of carbonyl (C=O) groups excluding carboxylic acids is 1. The highest BCUT2D eigenvalue weighted by atomic mass is 35.5. The van der Waals surface area contributed by atoms with Crippen LogP contribution in [0.4, 0.5) is 0 Å². The number of halogens is 1. The molecule has 2 aromatic carbocycles. The number of ether oxygens (including phenoxy) is 2. The summed E-state index contributed by atoms with van der Waals surface area (Å²) >= 11 is 5.90. The van der Waals surface area contributed by atoms with E-state index in [1.165, 1.54) is 0 Å². The molecule has 4 rings (SSSR count). The zero-order valence-electron chi connectivity index (χ0n) is 15.1. The van der Waals surface area contributed by atoms with Crippen LogP contribution in [0.5, 0.6) is 11.5 Å². The molecule has 27 heavy (non-hydrogen) atoms. The summed E-state index contributed by atoms with van der Waals surface area (Å²) in [6.45, 7) is 1.35. The quantitative estimate of drug-likeness (QED) is 0.719.